The molecular formula is C8H11NO4. The second kappa shape index (κ2) is 2.99. The zero-order valence-corrected chi connectivity index (χ0v) is 7.03. The largest absolute Gasteiger partial charge is 0.481 e. The Morgan fingerprint density at radius 2 is 2.00 bits per heavy atom. The number of ether oxygens (including phenoxy) is 1. The highest BCUT2D eigenvalue weighted by molar-refractivity contribution is 5.89. The van der Waals surface area contributed by atoms with Gasteiger partial charge in [-0.15, -0.1) is 0 Å². The van der Waals surface area contributed by atoms with Gasteiger partial charge in [0.05, 0.1) is 31.1 Å². The molecule has 0 bridgehead atoms. The van der Waals surface area contributed by atoms with Crippen LogP contribution in [0.4, 0.5) is 0 Å². The summed E-state index contributed by atoms with van der Waals surface area (Å²) >= 11 is 0. The zero-order valence-electron chi connectivity index (χ0n) is 7.03. The number of rotatable bonds is 3. The predicted molar refractivity (Wildman–Crippen MR) is 42.0 cm³/mol. The first-order valence-corrected chi connectivity index (χ1v) is 4.29. The first kappa shape index (κ1) is 8.50. The van der Waals surface area contributed by atoms with Crippen LogP contribution in [-0.4, -0.2) is 36.2 Å². The summed E-state index contributed by atoms with van der Waals surface area (Å²) in [6, 6.07) is 0.0996. The minimum Gasteiger partial charge on any atom is -0.481 e. The second-order valence-electron chi connectivity index (χ2n) is 3.53. The fraction of sp³-hybridized carbons (Fsp3) is 0.750. The van der Waals surface area contributed by atoms with Crippen molar-refractivity contribution in [3.05, 3.63) is 0 Å². The number of carboxylic acid groups (broad SMARTS) is 1. The van der Waals surface area contributed by atoms with Crippen molar-refractivity contribution in [2.75, 3.05) is 13.2 Å². The van der Waals surface area contributed by atoms with Crippen molar-refractivity contribution in [1.29, 1.82) is 0 Å². The van der Waals surface area contributed by atoms with Crippen molar-refractivity contribution in [3.63, 3.8) is 0 Å². The van der Waals surface area contributed by atoms with Gasteiger partial charge in [-0.25, -0.2) is 0 Å². The minimum absolute atomic E-state index is 0.0996. The van der Waals surface area contributed by atoms with Gasteiger partial charge >= 0.3 is 5.97 Å². The lowest BCUT2D eigenvalue weighted by Crippen LogP contribution is -2.49. The third-order valence-electron chi connectivity index (χ3n) is 2.43. The molecule has 2 rings (SSSR count). The highest BCUT2D eigenvalue weighted by Gasteiger charge is 2.48. The van der Waals surface area contributed by atoms with Crippen LogP contribution in [0.5, 0.6) is 0 Å². The van der Waals surface area contributed by atoms with E-state index in [4.69, 9.17) is 9.84 Å². The molecular weight excluding hydrogens is 174 g/mol. The first-order chi connectivity index (χ1) is 6.18. The summed E-state index contributed by atoms with van der Waals surface area (Å²) in [5, 5.41) is 11.3. The molecule has 1 saturated heterocycles. The van der Waals surface area contributed by atoms with Crippen LogP contribution < -0.4 is 5.32 Å². The highest BCUT2D eigenvalue weighted by Crippen LogP contribution is 2.38. The molecule has 2 atom stereocenters. The van der Waals surface area contributed by atoms with E-state index in [0.717, 1.165) is 0 Å². The van der Waals surface area contributed by atoms with Gasteiger partial charge < -0.3 is 15.2 Å². The van der Waals surface area contributed by atoms with Crippen molar-refractivity contribution in [2.24, 2.45) is 11.8 Å². The molecule has 5 heteroatoms. The lowest BCUT2D eigenvalue weighted by atomic mass is 10.2. The van der Waals surface area contributed by atoms with E-state index in [-0.39, 0.29) is 17.9 Å². The monoisotopic (exact) mass is 185 g/mol. The number of nitrogens with one attached hydrogen (secondary N) is 1. The van der Waals surface area contributed by atoms with Crippen LogP contribution in [0, 0.1) is 11.8 Å². The van der Waals surface area contributed by atoms with Gasteiger partial charge in [-0.05, 0) is 6.42 Å². The molecule has 1 heterocycles. The van der Waals surface area contributed by atoms with E-state index in [2.05, 4.69) is 5.32 Å². The highest BCUT2D eigenvalue weighted by atomic mass is 16.5. The van der Waals surface area contributed by atoms with Gasteiger partial charge in [0, 0.05) is 0 Å². The van der Waals surface area contributed by atoms with Gasteiger partial charge in [-0.3, -0.25) is 9.59 Å². The molecule has 1 aliphatic heterocycles. The van der Waals surface area contributed by atoms with Gasteiger partial charge in [0.25, 0.3) is 0 Å². The molecule has 2 N–H and O–H groups in total. The van der Waals surface area contributed by atoms with Crippen molar-refractivity contribution >= 4 is 11.9 Å². The molecule has 1 saturated carbocycles. The van der Waals surface area contributed by atoms with Crippen LogP contribution in [0.1, 0.15) is 6.42 Å². The molecule has 0 spiro atoms. The number of hydrogen-bond acceptors (Lipinski definition) is 3. The summed E-state index contributed by atoms with van der Waals surface area (Å²) in [5.74, 6) is -1.77. The molecule has 1 amide bonds. The van der Waals surface area contributed by atoms with Gasteiger partial charge in [-0.1, -0.05) is 0 Å². The molecule has 0 aromatic rings. The van der Waals surface area contributed by atoms with Crippen LogP contribution in [0.2, 0.25) is 0 Å². The SMILES string of the molecule is O=C(O)[C@H]1C[C@H]1C(=O)NC1COC1. The van der Waals surface area contributed by atoms with Crippen molar-refractivity contribution in [3.8, 4) is 0 Å². The van der Waals surface area contributed by atoms with E-state index in [1.807, 2.05) is 0 Å². The van der Waals surface area contributed by atoms with Crippen molar-refractivity contribution in [1.82, 2.24) is 5.32 Å². The van der Waals surface area contributed by atoms with Crippen molar-refractivity contribution < 1.29 is 19.4 Å². The maximum absolute atomic E-state index is 11.3. The molecule has 0 aromatic carbocycles. The predicted octanol–water partition coefficient (Wildman–Crippen LogP) is -0.778. The third kappa shape index (κ3) is 1.65. The van der Waals surface area contributed by atoms with Gasteiger partial charge in [0.15, 0.2) is 0 Å². The Labute approximate surface area is 75.1 Å². The molecule has 0 unspecified atom stereocenters. The number of carboxylic acids is 1. The number of hydrogen-bond donors (Lipinski definition) is 2. The van der Waals surface area contributed by atoms with Crippen LogP contribution in [-0.2, 0) is 14.3 Å². The van der Waals surface area contributed by atoms with E-state index in [1.165, 1.54) is 0 Å². The molecule has 0 radical (unpaired) electrons. The number of carbonyl (C=O) groups excluding carboxylic acids is 1. The lowest BCUT2D eigenvalue weighted by molar-refractivity contribution is -0.140. The Kier molecular flexibility index (Phi) is 1.95. The van der Waals surface area contributed by atoms with E-state index in [9.17, 15) is 9.59 Å². The van der Waals surface area contributed by atoms with E-state index >= 15 is 0 Å². The fourth-order valence-corrected chi connectivity index (χ4v) is 1.38. The first-order valence-electron chi connectivity index (χ1n) is 4.29. The Bertz CT molecular complexity index is 249. The summed E-state index contributed by atoms with van der Waals surface area (Å²) in [5.41, 5.74) is 0. The van der Waals surface area contributed by atoms with Gasteiger partial charge in [-0.2, -0.15) is 0 Å². The molecule has 2 aliphatic rings. The van der Waals surface area contributed by atoms with E-state index < -0.39 is 11.9 Å². The maximum atomic E-state index is 11.3. The van der Waals surface area contributed by atoms with E-state index in [0.29, 0.717) is 19.6 Å². The Morgan fingerprint density at radius 1 is 1.31 bits per heavy atom. The molecule has 2 fully saturated rings. The minimum atomic E-state index is -0.870. The Morgan fingerprint density at radius 3 is 2.38 bits per heavy atom. The fourth-order valence-electron chi connectivity index (χ4n) is 1.38. The summed E-state index contributed by atoms with van der Waals surface area (Å²) in [6.07, 6.45) is 0.481. The topological polar surface area (TPSA) is 75.6 Å². The van der Waals surface area contributed by atoms with Crippen molar-refractivity contribution in [2.45, 2.75) is 12.5 Å². The average Bonchev–Trinajstić information content (AvgIpc) is 2.74. The number of aliphatic carboxylic acids is 1. The number of amides is 1. The standard InChI is InChI=1S/C8H11NO4/c10-7(9-4-2-13-3-4)5-1-6(5)8(11)12/h4-6H,1-3H2,(H,9,10)(H,11,12)/t5-,6+/m1/s1. The normalized spacial score (nSPS) is 32.0. The van der Waals surface area contributed by atoms with Crippen LogP contribution in [0.25, 0.3) is 0 Å². The van der Waals surface area contributed by atoms with Crippen LogP contribution in [0.15, 0.2) is 0 Å². The van der Waals surface area contributed by atoms with Crippen LogP contribution in [0.3, 0.4) is 0 Å². The summed E-state index contributed by atoms with van der Waals surface area (Å²) in [7, 11) is 0. The third-order valence-corrected chi connectivity index (χ3v) is 2.43. The second-order valence-corrected chi connectivity index (χ2v) is 3.53. The molecule has 1 aliphatic carbocycles. The van der Waals surface area contributed by atoms with E-state index in [1.54, 1.807) is 0 Å². The quantitative estimate of drug-likeness (QED) is 0.605. The summed E-state index contributed by atoms with van der Waals surface area (Å²) in [6.45, 7) is 1.10. The zero-order chi connectivity index (χ0) is 9.42. The maximum Gasteiger partial charge on any atom is 0.307 e. The molecule has 72 valence electrons. The average molecular weight is 185 g/mol. The molecule has 0 aromatic heterocycles. The molecule has 13 heavy (non-hydrogen) atoms. The Balaban J connectivity index is 1.76. The lowest BCUT2D eigenvalue weighted by Gasteiger charge is -2.26. The molecule has 5 nitrogen and oxygen atoms in total. The van der Waals surface area contributed by atoms with Crippen LogP contribution >= 0.6 is 0 Å². The Hall–Kier alpha value is -1.10. The number of carbonyl (C=O) groups is 2. The van der Waals surface area contributed by atoms with Gasteiger partial charge in [0.1, 0.15) is 0 Å². The summed E-state index contributed by atoms with van der Waals surface area (Å²) < 4.78 is 4.88. The summed E-state index contributed by atoms with van der Waals surface area (Å²) in [4.78, 5) is 21.7. The van der Waals surface area contributed by atoms with Gasteiger partial charge in [0.2, 0.25) is 5.91 Å². The smallest absolute Gasteiger partial charge is 0.307 e.